The lowest BCUT2D eigenvalue weighted by Crippen LogP contribution is -2.42. The Bertz CT molecular complexity index is 383. The van der Waals surface area contributed by atoms with E-state index in [2.05, 4.69) is 4.98 Å². The van der Waals surface area contributed by atoms with E-state index in [0.29, 0.717) is 12.8 Å². The second-order valence-electron chi connectivity index (χ2n) is 4.25. The van der Waals surface area contributed by atoms with Crippen LogP contribution in [0.1, 0.15) is 31.4 Å². The van der Waals surface area contributed by atoms with E-state index < -0.39 is 17.6 Å². The maximum absolute atomic E-state index is 12.3. The molecule has 3 nitrogen and oxygen atoms in total. The quantitative estimate of drug-likeness (QED) is 0.816. The molecule has 0 spiro atoms. The number of nitrogens with zero attached hydrogens (tertiary/aromatic N) is 1. The van der Waals surface area contributed by atoms with E-state index in [1.165, 1.54) is 6.07 Å². The van der Waals surface area contributed by atoms with Crippen molar-refractivity contribution in [3.8, 4) is 5.75 Å². The van der Waals surface area contributed by atoms with Crippen molar-refractivity contribution in [3.05, 3.63) is 24.0 Å². The first-order chi connectivity index (χ1) is 7.89. The number of ether oxygens (including phenoxy) is 1. The van der Waals surface area contributed by atoms with Gasteiger partial charge < -0.3 is 4.74 Å². The SMILES string of the molecule is NC1(Oc2ccc(C(F)(F)F)nc2)CCCC1. The van der Waals surface area contributed by atoms with Crippen molar-refractivity contribution in [3.63, 3.8) is 0 Å². The van der Waals surface area contributed by atoms with Crippen molar-refractivity contribution in [1.82, 2.24) is 4.98 Å². The van der Waals surface area contributed by atoms with Crippen LogP contribution in [-0.4, -0.2) is 10.7 Å². The number of aromatic nitrogens is 1. The number of halogens is 3. The molecule has 1 saturated carbocycles. The molecule has 1 aromatic heterocycles. The Morgan fingerprint density at radius 3 is 2.35 bits per heavy atom. The summed E-state index contributed by atoms with van der Waals surface area (Å²) in [5, 5.41) is 0. The molecule has 0 radical (unpaired) electrons. The lowest BCUT2D eigenvalue weighted by Gasteiger charge is -2.25. The third-order valence-electron chi connectivity index (χ3n) is 2.80. The highest BCUT2D eigenvalue weighted by atomic mass is 19.4. The van der Waals surface area contributed by atoms with Crippen LogP contribution in [0.15, 0.2) is 18.3 Å². The molecule has 0 unspecified atom stereocenters. The Balaban J connectivity index is 2.08. The zero-order valence-corrected chi connectivity index (χ0v) is 9.13. The number of hydrogen-bond acceptors (Lipinski definition) is 3. The van der Waals surface area contributed by atoms with E-state index in [-0.39, 0.29) is 5.75 Å². The van der Waals surface area contributed by atoms with Crippen molar-refractivity contribution in [2.24, 2.45) is 5.73 Å². The Morgan fingerprint density at radius 1 is 1.24 bits per heavy atom. The fourth-order valence-corrected chi connectivity index (χ4v) is 1.92. The summed E-state index contributed by atoms with van der Waals surface area (Å²) in [7, 11) is 0. The number of pyridine rings is 1. The Kier molecular flexibility index (Phi) is 2.99. The second kappa shape index (κ2) is 4.18. The van der Waals surface area contributed by atoms with Crippen LogP contribution in [0.2, 0.25) is 0 Å². The van der Waals surface area contributed by atoms with Gasteiger partial charge in [-0.2, -0.15) is 13.2 Å². The van der Waals surface area contributed by atoms with E-state index in [1.54, 1.807) is 0 Å². The first-order valence-corrected chi connectivity index (χ1v) is 5.40. The summed E-state index contributed by atoms with van der Waals surface area (Å²) in [4.78, 5) is 3.32. The minimum atomic E-state index is -4.42. The van der Waals surface area contributed by atoms with Crippen LogP contribution in [0.4, 0.5) is 13.2 Å². The van der Waals surface area contributed by atoms with Crippen molar-refractivity contribution in [2.75, 3.05) is 0 Å². The van der Waals surface area contributed by atoms with Crippen LogP contribution in [0.25, 0.3) is 0 Å². The second-order valence-corrected chi connectivity index (χ2v) is 4.25. The molecule has 1 aliphatic carbocycles. The molecule has 1 heterocycles. The molecule has 6 heteroatoms. The van der Waals surface area contributed by atoms with Gasteiger partial charge in [0, 0.05) is 12.8 Å². The van der Waals surface area contributed by atoms with Crippen molar-refractivity contribution in [2.45, 2.75) is 37.6 Å². The van der Waals surface area contributed by atoms with Gasteiger partial charge in [-0.15, -0.1) is 0 Å². The van der Waals surface area contributed by atoms with Gasteiger partial charge >= 0.3 is 6.18 Å². The lowest BCUT2D eigenvalue weighted by atomic mass is 10.2. The number of rotatable bonds is 2. The molecular weight excluding hydrogens is 233 g/mol. The van der Waals surface area contributed by atoms with Gasteiger partial charge in [0.2, 0.25) is 0 Å². The lowest BCUT2D eigenvalue weighted by molar-refractivity contribution is -0.141. The molecule has 0 aromatic carbocycles. The predicted molar refractivity (Wildman–Crippen MR) is 55.3 cm³/mol. The molecule has 0 amide bonds. The summed E-state index contributed by atoms with van der Waals surface area (Å²) < 4.78 is 42.3. The topological polar surface area (TPSA) is 48.1 Å². The average molecular weight is 246 g/mol. The fraction of sp³-hybridized carbons (Fsp3) is 0.545. The number of alkyl halides is 3. The molecule has 0 atom stereocenters. The molecule has 0 saturated heterocycles. The summed E-state index contributed by atoms with van der Waals surface area (Å²) in [6.07, 6.45) is 0.0270. The smallest absolute Gasteiger partial charge is 0.433 e. The maximum atomic E-state index is 12.3. The summed E-state index contributed by atoms with van der Waals surface area (Å²) in [5.74, 6) is 0.280. The van der Waals surface area contributed by atoms with E-state index in [1.807, 2.05) is 0 Å². The van der Waals surface area contributed by atoms with E-state index in [4.69, 9.17) is 10.5 Å². The first-order valence-electron chi connectivity index (χ1n) is 5.40. The number of hydrogen-bond donors (Lipinski definition) is 1. The van der Waals surface area contributed by atoms with E-state index in [0.717, 1.165) is 25.1 Å². The zero-order valence-electron chi connectivity index (χ0n) is 9.13. The molecule has 2 N–H and O–H groups in total. The molecule has 1 aromatic rings. The zero-order chi connectivity index (χ0) is 12.5. The van der Waals surface area contributed by atoms with E-state index in [9.17, 15) is 13.2 Å². The monoisotopic (exact) mass is 246 g/mol. The third kappa shape index (κ3) is 2.88. The molecule has 2 rings (SSSR count). The van der Waals surface area contributed by atoms with Gasteiger partial charge in [-0.05, 0) is 25.0 Å². The van der Waals surface area contributed by atoms with Gasteiger partial charge in [-0.3, -0.25) is 5.73 Å². The van der Waals surface area contributed by atoms with Crippen LogP contribution >= 0.6 is 0 Å². The van der Waals surface area contributed by atoms with E-state index >= 15 is 0 Å². The Labute approximate surface area is 96.8 Å². The van der Waals surface area contributed by atoms with Crippen LogP contribution in [0.5, 0.6) is 5.75 Å². The minimum Gasteiger partial charge on any atom is -0.471 e. The van der Waals surface area contributed by atoms with Gasteiger partial charge in [-0.25, -0.2) is 4.98 Å². The van der Waals surface area contributed by atoms with Gasteiger partial charge in [-0.1, -0.05) is 0 Å². The number of nitrogens with two attached hydrogens (primary N) is 1. The Hall–Kier alpha value is -1.30. The van der Waals surface area contributed by atoms with Gasteiger partial charge in [0.05, 0.1) is 6.20 Å². The van der Waals surface area contributed by atoms with Crippen LogP contribution in [0, 0.1) is 0 Å². The molecule has 0 aliphatic heterocycles. The summed E-state index contributed by atoms with van der Waals surface area (Å²) >= 11 is 0. The van der Waals surface area contributed by atoms with Crippen molar-refractivity contribution < 1.29 is 17.9 Å². The van der Waals surface area contributed by atoms with Gasteiger partial charge in [0.1, 0.15) is 11.4 Å². The van der Waals surface area contributed by atoms with Crippen molar-refractivity contribution >= 4 is 0 Å². The summed E-state index contributed by atoms with van der Waals surface area (Å²) in [6, 6.07) is 2.15. The largest absolute Gasteiger partial charge is 0.471 e. The summed E-state index contributed by atoms with van der Waals surface area (Å²) in [5.41, 5.74) is 4.27. The van der Waals surface area contributed by atoms with Crippen LogP contribution < -0.4 is 10.5 Å². The van der Waals surface area contributed by atoms with Gasteiger partial charge in [0.25, 0.3) is 0 Å². The summed E-state index contributed by atoms with van der Waals surface area (Å²) in [6.45, 7) is 0. The van der Waals surface area contributed by atoms with Gasteiger partial charge in [0.15, 0.2) is 5.72 Å². The average Bonchev–Trinajstić information content (AvgIpc) is 2.64. The molecule has 1 fully saturated rings. The predicted octanol–water partition coefficient (Wildman–Crippen LogP) is 2.71. The van der Waals surface area contributed by atoms with Crippen LogP contribution in [0.3, 0.4) is 0 Å². The molecular formula is C11H13F3N2O. The highest BCUT2D eigenvalue weighted by Crippen LogP contribution is 2.32. The molecule has 94 valence electrons. The highest BCUT2D eigenvalue weighted by Gasteiger charge is 2.34. The van der Waals surface area contributed by atoms with Crippen LogP contribution in [-0.2, 0) is 6.18 Å². The molecule has 1 aliphatic rings. The molecule has 17 heavy (non-hydrogen) atoms. The normalized spacial score (nSPS) is 19.3. The van der Waals surface area contributed by atoms with Crippen molar-refractivity contribution in [1.29, 1.82) is 0 Å². The molecule has 0 bridgehead atoms. The fourth-order valence-electron chi connectivity index (χ4n) is 1.92. The minimum absolute atomic E-state index is 0.280. The maximum Gasteiger partial charge on any atom is 0.433 e. The first kappa shape index (κ1) is 12.2. The standard InChI is InChI=1S/C11H13F3N2O/c12-11(13,14)9-4-3-8(7-16-9)17-10(15)5-1-2-6-10/h3-4,7H,1-2,5-6,15H2. The highest BCUT2D eigenvalue weighted by molar-refractivity contribution is 5.22. The Morgan fingerprint density at radius 2 is 1.88 bits per heavy atom. The third-order valence-corrected chi connectivity index (χ3v) is 2.80.